The van der Waals surface area contributed by atoms with Crippen LogP contribution < -0.4 is 0 Å². The van der Waals surface area contributed by atoms with E-state index in [1.807, 2.05) is 90.7 Å². The molecule has 0 fully saturated rings. The average Bonchev–Trinajstić information content (AvgIpc) is 4.01. The normalized spacial score (nSPS) is 11.6. The van der Waals surface area contributed by atoms with Gasteiger partial charge in [-0.2, -0.15) is 0 Å². The van der Waals surface area contributed by atoms with Crippen LogP contribution in [0.15, 0.2) is 132 Å². The first-order chi connectivity index (χ1) is 24.7. The van der Waals surface area contributed by atoms with Crippen molar-refractivity contribution in [2.75, 3.05) is 0 Å². The van der Waals surface area contributed by atoms with Crippen LogP contribution in [0.2, 0.25) is 0 Å². The summed E-state index contributed by atoms with van der Waals surface area (Å²) >= 11 is 18.8. The first-order valence-electron chi connectivity index (χ1n) is 15.6. The minimum atomic E-state index is 1.33. The predicted molar refractivity (Wildman–Crippen MR) is 234 cm³/mol. The second-order valence-corrected chi connectivity index (χ2v) is 21.8. The summed E-state index contributed by atoms with van der Waals surface area (Å²) in [5, 5.41) is 4.30. The molecule has 242 valence electrons. The van der Waals surface area contributed by atoms with Crippen molar-refractivity contribution in [2.24, 2.45) is 0 Å². The maximum absolute atomic E-state index is 2.29. The van der Waals surface area contributed by atoms with Gasteiger partial charge in [0.2, 0.25) is 0 Å². The molecule has 10 aromatic heterocycles. The number of thiophene rings is 10. The molecule has 0 aliphatic heterocycles. The highest BCUT2D eigenvalue weighted by molar-refractivity contribution is 7.32. The van der Waals surface area contributed by atoms with Crippen molar-refractivity contribution < 1.29 is 0 Å². The zero-order chi connectivity index (χ0) is 33.0. The van der Waals surface area contributed by atoms with E-state index in [4.69, 9.17) is 0 Å². The van der Waals surface area contributed by atoms with Gasteiger partial charge in [0.05, 0.1) is 0 Å². The van der Waals surface area contributed by atoms with Crippen LogP contribution in [-0.4, -0.2) is 0 Å². The minimum Gasteiger partial charge on any atom is -0.143 e. The van der Waals surface area contributed by atoms with Crippen LogP contribution >= 0.6 is 113 Å². The van der Waals surface area contributed by atoms with Gasteiger partial charge in [-0.1, -0.05) is 12.1 Å². The van der Waals surface area contributed by atoms with E-state index in [1.165, 1.54) is 87.8 Å². The fourth-order valence-electron chi connectivity index (χ4n) is 5.66. The van der Waals surface area contributed by atoms with Gasteiger partial charge in [0, 0.05) is 87.8 Å². The maximum Gasteiger partial charge on any atom is 0.0449 e. The molecule has 10 heterocycles. The van der Waals surface area contributed by atoms with Gasteiger partial charge in [0.1, 0.15) is 0 Å². The van der Waals surface area contributed by atoms with E-state index >= 15 is 0 Å². The van der Waals surface area contributed by atoms with Crippen LogP contribution in [0.5, 0.6) is 0 Å². The fourth-order valence-corrected chi connectivity index (χ4v) is 16.0. The zero-order valence-electron chi connectivity index (χ0n) is 25.8. The van der Waals surface area contributed by atoms with Gasteiger partial charge in [-0.3, -0.25) is 0 Å². The van der Waals surface area contributed by atoms with Crippen molar-refractivity contribution in [1.29, 1.82) is 0 Å². The Kier molecular flexibility index (Phi) is 8.58. The van der Waals surface area contributed by atoms with Crippen LogP contribution in [0.4, 0.5) is 0 Å². The third-order valence-corrected chi connectivity index (χ3v) is 20.3. The maximum atomic E-state index is 2.29. The summed E-state index contributed by atoms with van der Waals surface area (Å²) in [4.78, 5) is 24.1. The highest BCUT2D eigenvalue weighted by Crippen LogP contribution is 2.48. The van der Waals surface area contributed by atoms with Crippen LogP contribution in [0.25, 0.3) is 87.8 Å². The monoisotopic (exact) mass is 822 g/mol. The third-order valence-electron chi connectivity index (χ3n) is 8.08. The summed E-state index contributed by atoms with van der Waals surface area (Å²) in [6.07, 6.45) is 0. The Bertz CT molecular complexity index is 2480. The van der Waals surface area contributed by atoms with E-state index in [-0.39, 0.29) is 0 Å². The smallest absolute Gasteiger partial charge is 0.0449 e. The van der Waals surface area contributed by atoms with Crippen LogP contribution in [0.1, 0.15) is 0 Å². The molecule has 50 heavy (non-hydrogen) atoms. The largest absolute Gasteiger partial charge is 0.143 e. The third kappa shape index (κ3) is 6.15. The van der Waals surface area contributed by atoms with E-state index in [0.717, 1.165) is 0 Å². The summed E-state index contributed by atoms with van der Waals surface area (Å²) in [5.41, 5.74) is 0. The lowest BCUT2D eigenvalue weighted by Gasteiger charge is -1.93. The Morgan fingerprint density at radius 2 is 0.340 bits per heavy atom. The minimum absolute atomic E-state index is 1.33. The summed E-state index contributed by atoms with van der Waals surface area (Å²) < 4.78 is 0. The van der Waals surface area contributed by atoms with E-state index in [2.05, 4.69) is 132 Å². The standard InChI is InChI=1S/C40H22S10/c1-3-23(41-21-1)25-5-7-27(43-25)29-9-11-31(45-29)33-13-15-35(47-33)37-17-19-39(49-37)40-20-18-38(50-40)36-16-14-34(48-36)32-12-10-30(46-32)28-8-6-26(44-28)24-4-2-22-42-24/h1-22H. The Labute approximate surface area is 329 Å². The summed E-state index contributed by atoms with van der Waals surface area (Å²) in [6.45, 7) is 0. The van der Waals surface area contributed by atoms with E-state index in [1.54, 1.807) is 22.7 Å². The van der Waals surface area contributed by atoms with Crippen molar-refractivity contribution in [3.63, 3.8) is 0 Å². The molecule has 0 aliphatic rings. The highest BCUT2D eigenvalue weighted by atomic mass is 32.1. The van der Waals surface area contributed by atoms with Gasteiger partial charge >= 0.3 is 0 Å². The van der Waals surface area contributed by atoms with Gasteiger partial charge in [-0.05, 0) is 120 Å². The topological polar surface area (TPSA) is 0 Å². The molecule has 0 saturated heterocycles. The van der Waals surface area contributed by atoms with Crippen molar-refractivity contribution >= 4 is 113 Å². The average molecular weight is 823 g/mol. The Hall–Kier alpha value is -3.00. The van der Waals surface area contributed by atoms with E-state index in [9.17, 15) is 0 Å². The molecule has 0 bridgehead atoms. The number of rotatable bonds is 9. The van der Waals surface area contributed by atoms with Crippen LogP contribution in [0.3, 0.4) is 0 Å². The molecule has 0 radical (unpaired) electrons. The molecule has 0 aliphatic carbocycles. The lowest BCUT2D eigenvalue weighted by molar-refractivity contribution is 1.89. The number of hydrogen-bond donors (Lipinski definition) is 0. The zero-order valence-corrected chi connectivity index (χ0v) is 33.9. The van der Waals surface area contributed by atoms with E-state index < -0.39 is 0 Å². The summed E-state index contributed by atoms with van der Waals surface area (Å²) in [5.74, 6) is 0. The molecule has 0 aromatic carbocycles. The SMILES string of the molecule is c1csc(-c2ccc(-c3ccc(-c4ccc(-c5ccc(-c6ccc(-c7ccc(-c8ccc(-c9ccc(-c%10cccs%10)s9)s8)s7)s6)s5)s4)s3)s2)c1. The molecule has 0 saturated carbocycles. The Morgan fingerprint density at radius 1 is 0.180 bits per heavy atom. The first kappa shape index (κ1) is 31.7. The molecule has 10 heteroatoms. The molecule has 0 spiro atoms. The lowest BCUT2D eigenvalue weighted by atomic mass is 10.3. The molecule has 0 unspecified atom stereocenters. The molecular weight excluding hydrogens is 801 g/mol. The highest BCUT2D eigenvalue weighted by Gasteiger charge is 2.16. The second kappa shape index (κ2) is 13.5. The molecular formula is C40H22S10. The predicted octanol–water partition coefficient (Wildman–Crippen LogP) is 17.3. The molecule has 10 aromatic rings. The summed E-state index contributed by atoms with van der Waals surface area (Å²) in [7, 11) is 0. The Balaban J connectivity index is 0.830. The molecule has 0 N–H and O–H groups in total. The lowest BCUT2D eigenvalue weighted by Crippen LogP contribution is -1.59. The van der Waals surface area contributed by atoms with Crippen LogP contribution in [-0.2, 0) is 0 Å². The summed E-state index contributed by atoms with van der Waals surface area (Å²) in [6, 6.07) is 45.2. The Morgan fingerprint density at radius 3 is 0.480 bits per heavy atom. The first-order valence-corrected chi connectivity index (χ1v) is 23.9. The number of hydrogen-bond acceptors (Lipinski definition) is 10. The van der Waals surface area contributed by atoms with Crippen molar-refractivity contribution in [1.82, 2.24) is 0 Å². The van der Waals surface area contributed by atoms with Gasteiger partial charge in [0.15, 0.2) is 0 Å². The van der Waals surface area contributed by atoms with Crippen LogP contribution in [0, 0.1) is 0 Å². The molecule has 0 nitrogen and oxygen atoms in total. The second-order valence-electron chi connectivity index (χ2n) is 11.3. The van der Waals surface area contributed by atoms with Gasteiger partial charge in [-0.25, -0.2) is 0 Å². The molecule has 10 rings (SSSR count). The van der Waals surface area contributed by atoms with Crippen molar-refractivity contribution in [3.8, 4) is 87.8 Å². The van der Waals surface area contributed by atoms with Gasteiger partial charge in [0.25, 0.3) is 0 Å². The quantitative estimate of drug-likeness (QED) is 0.136. The molecule has 0 amide bonds. The van der Waals surface area contributed by atoms with E-state index in [0.29, 0.717) is 0 Å². The van der Waals surface area contributed by atoms with Crippen molar-refractivity contribution in [2.45, 2.75) is 0 Å². The van der Waals surface area contributed by atoms with Crippen molar-refractivity contribution in [3.05, 3.63) is 132 Å². The van der Waals surface area contributed by atoms with Gasteiger partial charge in [-0.15, -0.1) is 113 Å². The fraction of sp³-hybridized carbons (Fsp3) is 0. The molecule has 0 atom stereocenters. The van der Waals surface area contributed by atoms with Gasteiger partial charge < -0.3 is 0 Å².